The Kier molecular flexibility index (Phi) is 5.80. The highest BCUT2D eigenvalue weighted by molar-refractivity contribution is 5.87. The standard InChI is InChI=1S/C19H20O4/c1-14-4-6-15(7-5-14)13-23-19(20)11-8-16-12-17(21-2)9-10-18(16)22-3/h4-12H,13H2,1-3H3/b11-8+. The van der Waals surface area contributed by atoms with E-state index in [-0.39, 0.29) is 6.61 Å². The van der Waals surface area contributed by atoms with Crippen LogP contribution in [0.1, 0.15) is 16.7 Å². The number of esters is 1. The molecule has 0 aromatic heterocycles. The van der Waals surface area contributed by atoms with Gasteiger partial charge in [-0.2, -0.15) is 0 Å². The Morgan fingerprint density at radius 2 is 1.78 bits per heavy atom. The van der Waals surface area contributed by atoms with Gasteiger partial charge in [-0.05, 0) is 36.8 Å². The lowest BCUT2D eigenvalue weighted by molar-refractivity contribution is -0.138. The van der Waals surface area contributed by atoms with Crippen molar-refractivity contribution < 1.29 is 19.0 Å². The summed E-state index contributed by atoms with van der Waals surface area (Å²) in [6, 6.07) is 13.2. The first-order valence-electron chi connectivity index (χ1n) is 7.25. The number of rotatable bonds is 6. The normalized spacial score (nSPS) is 10.6. The van der Waals surface area contributed by atoms with E-state index < -0.39 is 5.97 Å². The molecule has 120 valence electrons. The number of carbonyl (C=O) groups is 1. The van der Waals surface area contributed by atoms with Crippen LogP contribution in [0, 0.1) is 6.92 Å². The summed E-state index contributed by atoms with van der Waals surface area (Å²) in [4.78, 5) is 11.8. The Morgan fingerprint density at radius 1 is 1.04 bits per heavy atom. The Morgan fingerprint density at radius 3 is 2.43 bits per heavy atom. The molecular weight excluding hydrogens is 292 g/mol. The summed E-state index contributed by atoms with van der Waals surface area (Å²) in [7, 11) is 3.17. The molecule has 4 nitrogen and oxygen atoms in total. The number of methoxy groups -OCH3 is 2. The summed E-state index contributed by atoms with van der Waals surface area (Å²) in [5, 5.41) is 0. The maximum absolute atomic E-state index is 11.8. The van der Waals surface area contributed by atoms with Crippen LogP contribution in [0.4, 0.5) is 0 Å². The molecule has 0 heterocycles. The van der Waals surface area contributed by atoms with Gasteiger partial charge in [-0.1, -0.05) is 29.8 Å². The van der Waals surface area contributed by atoms with Crippen molar-refractivity contribution in [3.8, 4) is 11.5 Å². The maximum Gasteiger partial charge on any atom is 0.331 e. The van der Waals surface area contributed by atoms with Crippen molar-refractivity contribution in [3.63, 3.8) is 0 Å². The number of hydrogen-bond acceptors (Lipinski definition) is 4. The Bertz CT molecular complexity index is 687. The second-order valence-corrected chi connectivity index (χ2v) is 5.03. The topological polar surface area (TPSA) is 44.8 Å². The zero-order chi connectivity index (χ0) is 16.7. The average Bonchev–Trinajstić information content (AvgIpc) is 2.59. The van der Waals surface area contributed by atoms with Crippen molar-refractivity contribution >= 4 is 12.0 Å². The number of hydrogen-bond donors (Lipinski definition) is 0. The van der Waals surface area contributed by atoms with Gasteiger partial charge >= 0.3 is 5.97 Å². The van der Waals surface area contributed by atoms with E-state index in [2.05, 4.69) is 0 Å². The molecule has 0 bridgehead atoms. The lowest BCUT2D eigenvalue weighted by Crippen LogP contribution is -2.00. The second kappa shape index (κ2) is 8.03. The van der Waals surface area contributed by atoms with E-state index in [1.54, 1.807) is 38.5 Å². The van der Waals surface area contributed by atoms with Gasteiger partial charge in [0.15, 0.2) is 0 Å². The molecule has 0 aliphatic heterocycles. The second-order valence-electron chi connectivity index (χ2n) is 5.03. The van der Waals surface area contributed by atoms with Gasteiger partial charge in [-0.25, -0.2) is 4.79 Å². The van der Waals surface area contributed by atoms with Crippen LogP contribution < -0.4 is 9.47 Å². The van der Waals surface area contributed by atoms with E-state index in [4.69, 9.17) is 14.2 Å². The predicted octanol–water partition coefficient (Wildman–Crippen LogP) is 3.77. The van der Waals surface area contributed by atoms with Crippen LogP contribution in [0.25, 0.3) is 6.08 Å². The molecule has 2 aromatic carbocycles. The minimum Gasteiger partial charge on any atom is -0.497 e. The van der Waals surface area contributed by atoms with Crippen LogP contribution in [0.3, 0.4) is 0 Å². The van der Waals surface area contributed by atoms with Gasteiger partial charge in [-0.3, -0.25) is 0 Å². The third-order valence-electron chi connectivity index (χ3n) is 3.34. The van der Waals surface area contributed by atoms with Gasteiger partial charge in [0.05, 0.1) is 14.2 Å². The molecule has 0 fully saturated rings. The van der Waals surface area contributed by atoms with Crippen molar-refractivity contribution in [3.05, 3.63) is 65.2 Å². The Balaban J connectivity index is 1.99. The minimum atomic E-state index is -0.407. The quantitative estimate of drug-likeness (QED) is 0.601. The van der Waals surface area contributed by atoms with Gasteiger partial charge in [0.1, 0.15) is 18.1 Å². The van der Waals surface area contributed by atoms with Crippen molar-refractivity contribution in [1.82, 2.24) is 0 Å². The Labute approximate surface area is 136 Å². The summed E-state index contributed by atoms with van der Waals surface area (Å²) in [6.45, 7) is 2.26. The van der Waals surface area contributed by atoms with E-state index in [9.17, 15) is 4.79 Å². The lowest BCUT2D eigenvalue weighted by atomic mass is 10.1. The largest absolute Gasteiger partial charge is 0.497 e. The molecule has 0 spiro atoms. The van der Waals surface area contributed by atoms with Gasteiger partial charge in [0.25, 0.3) is 0 Å². The molecule has 0 aliphatic rings. The zero-order valence-electron chi connectivity index (χ0n) is 13.5. The highest BCUT2D eigenvalue weighted by Crippen LogP contribution is 2.25. The van der Waals surface area contributed by atoms with Crippen LogP contribution in [0.5, 0.6) is 11.5 Å². The van der Waals surface area contributed by atoms with E-state index >= 15 is 0 Å². The fourth-order valence-electron chi connectivity index (χ4n) is 2.01. The summed E-state index contributed by atoms with van der Waals surface area (Å²) in [6.07, 6.45) is 3.03. The van der Waals surface area contributed by atoms with Gasteiger partial charge in [0, 0.05) is 11.6 Å². The SMILES string of the molecule is COc1ccc(OC)c(/C=C/C(=O)OCc2ccc(C)cc2)c1. The molecule has 0 unspecified atom stereocenters. The van der Waals surface area contributed by atoms with Crippen LogP contribution in [0.2, 0.25) is 0 Å². The summed E-state index contributed by atoms with van der Waals surface area (Å²) in [5.41, 5.74) is 2.88. The van der Waals surface area contributed by atoms with Crippen molar-refractivity contribution in [1.29, 1.82) is 0 Å². The molecule has 23 heavy (non-hydrogen) atoms. The van der Waals surface area contributed by atoms with Crippen LogP contribution in [-0.2, 0) is 16.1 Å². The van der Waals surface area contributed by atoms with E-state index in [0.717, 1.165) is 11.1 Å². The summed E-state index contributed by atoms with van der Waals surface area (Å²) in [5.74, 6) is 0.947. The molecule has 0 aliphatic carbocycles. The van der Waals surface area contributed by atoms with Crippen molar-refractivity contribution in [2.45, 2.75) is 13.5 Å². The number of carbonyl (C=O) groups excluding carboxylic acids is 1. The number of benzene rings is 2. The molecular formula is C19H20O4. The molecule has 0 saturated heterocycles. The first kappa shape index (κ1) is 16.6. The number of aryl methyl sites for hydroxylation is 1. The van der Waals surface area contributed by atoms with Crippen molar-refractivity contribution in [2.75, 3.05) is 14.2 Å². The third-order valence-corrected chi connectivity index (χ3v) is 3.34. The first-order chi connectivity index (χ1) is 11.1. The van der Waals surface area contributed by atoms with Crippen LogP contribution in [0.15, 0.2) is 48.5 Å². The molecule has 0 N–H and O–H groups in total. The van der Waals surface area contributed by atoms with E-state index in [0.29, 0.717) is 11.5 Å². The predicted molar refractivity (Wildman–Crippen MR) is 89.6 cm³/mol. The summed E-state index contributed by atoms with van der Waals surface area (Å²) >= 11 is 0. The fourth-order valence-corrected chi connectivity index (χ4v) is 2.01. The Hall–Kier alpha value is -2.75. The number of ether oxygens (including phenoxy) is 3. The zero-order valence-corrected chi connectivity index (χ0v) is 13.5. The van der Waals surface area contributed by atoms with Gasteiger partial charge in [0.2, 0.25) is 0 Å². The average molecular weight is 312 g/mol. The highest BCUT2D eigenvalue weighted by Gasteiger charge is 2.04. The van der Waals surface area contributed by atoms with Gasteiger partial charge < -0.3 is 14.2 Å². The van der Waals surface area contributed by atoms with E-state index in [1.165, 1.54) is 11.6 Å². The van der Waals surface area contributed by atoms with Crippen LogP contribution >= 0.6 is 0 Å². The van der Waals surface area contributed by atoms with Crippen molar-refractivity contribution in [2.24, 2.45) is 0 Å². The molecule has 4 heteroatoms. The molecule has 2 rings (SSSR count). The molecule has 0 saturated carbocycles. The third kappa shape index (κ3) is 4.88. The van der Waals surface area contributed by atoms with Crippen LogP contribution in [-0.4, -0.2) is 20.2 Å². The smallest absolute Gasteiger partial charge is 0.331 e. The van der Waals surface area contributed by atoms with Gasteiger partial charge in [-0.15, -0.1) is 0 Å². The maximum atomic E-state index is 11.8. The highest BCUT2D eigenvalue weighted by atomic mass is 16.5. The lowest BCUT2D eigenvalue weighted by Gasteiger charge is -2.07. The fraction of sp³-hybridized carbons (Fsp3) is 0.211. The van der Waals surface area contributed by atoms with E-state index in [1.807, 2.05) is 31.2 Å². The molecule has 0 radical (unpaired) electrons. The monoisotopic (exact) mass is 312 g/mol. The first-order valence-corrected chi connectivity index (χ1v) is 7.25. The minimum absolute atomic E-state index is 0.249. The summed E-state index contributed by atoms with van der Waals surface area (Å²) < 4.78 is 15.7. The molecule has 2 aromatic rings. The molecule has 0 amide bonds. The molecule has 0 atom stereocenters.